The molecule has 0 aliphatic heterocycles. The Hall–Kier alpha value is -2.93. The van der Waals surface area contributed by atoms with Crippen molar-refractivity contribution in [2.45, 2.75) is 12.8 Å². The highest BCUT2D eigenvalue weighted by atomic mass is 19.1. The molecule has 0 unspecified atom stereocenters. The standard InChI is InChI=1S/C19H14FNO2/c1-23-19(22)13-6-5-12-3-2-4-17(18(12)10-13)16-8-7-15(20)9-14(16)11-21/h4-10H,2-3H2,1H3. The first-order chi connectivity index (χ1) is 11.1. The minimum atomic E-state index is -0.440. The van der Waals surface area contributed by atoms with Crippen molar-refractivity contribution in [1.82, 2.24) is 0 Å². The number of rotatable bonds is 2. The first-order valence-electron chi connectivity index (χ1n) is 7.26. The van der Waals surface area contributed by atoms with Crippen molar-refractivity contribution in [2.75, 3.05) is 7.11 Å². The largest absolute Gasteiger partial charge is 0.465 e. The van der Waals surface area contributed by atoms with Crippen LogP contribution < -0.4 is 0 Å². The van der Waals surface area contributed by atoms with Crippen molar-refractivity contribution in [3.63, 3.8) is 0 Å². The number of aryl methyl sites for hydroxylation is 1. The molecular formula is C19H14FNO2. The molecule has 0 aromatic heterocycles. The maximum Gasteiger partial charge on any atom is 0.337 e. The minimum Gasteiger partial charge on any atom is -0.465 e. The summed E-state index contributed by atoms with van der Waals surface area (Å²) in [5.41, 5.74) is 4.27. The summed E-state index contributed by atoms with van der Waals surface area (Å²) in [5, 5.41) is 9.28. The number of halogens is 1. The van der Waals surface area contributed by atoms with Crippen LogP contribution in [0, 0.1) is 17.1 Å². The molecular weight excluding hydrogens is 293 g/mol. The lowest BCUT2D eigenvalue weighted by atomic mass is 9.84. The number of ether oxygens (including phenoxy) is 1. The Morgan fingerprint density at radius 2 is 2.04 bits per heavy atom. The van der Waals surface area contributed by atoms with Crippen LogP contribution in [0.1, 0.15) is 39.0 Å². The van der Waals surface area contributed by atoms with Gasteiger partial charge in [0.05, 0.1) is 24.3 Å². The molecule has 4 heteroatoms. The highest BCUT2D eigenvalue weighted by molar-refractivity contribution is 5.93. The molecule has 0 fully saturated rings. The minimum absolute atomic E-state index is 0.285. The zero-order chi connectivity index (χ0) is 16.4. The molecule has 0 atom stereocenters. The monoisotopic (exact) mass is 307 g/mol. The lowest BCUT2D eigenvalue weighted by Gasteiger charge is -2.19. The van der Waals surface area contributed by atoms with Crippen molar-refractivity contribution in [3.05, 3.63) is 76.1 Å². The van der Waals surface area contributed by atoms with E-state index >= 15 is 0 Å². The quantitative estimate of drug-likeness (QED) is 0.792. The predicted octanol–water partition coefficient (Wildman–Crippen LogP) is 3.86. The van der Waals surface area contributed by atoms with Crippen molar-refractivity contribution < 1.29 is 13.9 Å². The SMILES string of the molecule is COC(=O)c1ccc2c(c1)C(c1ccc(F)cc1C#N)=CCC2. The fraction of sp³-hybridized carbons (Fsp3) is 0.158. The number of carbonyl (C=O) groups is 1. The van der Waals surface area contributed by atoms with Crippen molar-refractivity contribution in [3.8, 4) is 6.07 Å². The van der Waals surface area contributed by atoms with E-state index in [4.69, 9.17) is 4.74 Å². The van der Waals surface area contributed by atoms with E-state index in [1.807, 2.05) is 18.2 Å². The zero-order valence-electron chi connectivity index (χ0n) is 12.6. The topological polar surface area (TPSA) is 50.1 Å². The molecule has 0 N–H and O–H groups in total. The second-order valence-electron chi connectivity index (χ2n) is 5.32. The lowest BCUT2D eigenvalue weighted by molar-refractivity contribution is 0.0600. The third kappa shape index (κ3) is 2.74. The number of benzene rings is 2. The Labute approximate surface area is 133 Å². The van der Waals surface area contributed by atoms with Gasteiger partial charge in [-0.15, -0.1) is 0 Å². The third-order valence-corrected chi connectivity index (χ3v) is 3.98. The summed E-state index contributed by atoms with van der Waals surface area (Å²) in [5.74, 6) is -0.845. The number of hydrogen-bond donors (Lipinski definition) is 0. The maximum atomic E-state index is 13.4. The van der Waals surface area contributed by atoms with Crippen LogP contribution in [0.2, 0.25) is 0 Å². The van der Waals surface area contributed by atoms with Crippen LogP contribution >= 0.6 is 0 Å². The normalized spacial score (nSPS) is 12.8. The second kappa shape index (κ2) is 6.05. The van der Waals surface area contributed by atoms with Crippen LogP contribution in [0.3, 0.4) is 0 Å². The van der Waals surface area contributed by atoms with Gasteiger partial charge in [-0.25, -0.2) is 9.18 Å². The average molecular weight is 307 g/mol. The molecule has 114 valence electrons. The summed E-state index contributed by atoms with van der Waals surface area (Å²) < 4.78 is 18.1. The number of hydrogen-bond acceptors (Lipinski definition) is 3. The van der Waals surface area contributed by atoms with E-state index in [0.29, 0.717) is 11.1 Å². The first-order valence-corrected chi connectivity index (χ1v) is 7.26. The molecule has 1 aliphatic rings. The molecule has 1 aliphatic carbocycles. The van der Waals surface area contributed by atoms with E-state index in [2.05, 4.69) is 0 Å². The van der Waals surface area contributed by atoms with E-state index in [9.17, 15) is 14.4 Å². The molecule has 2 aromatic rings. The summed E-state index contributed by atoms with van der Waals surface area (Å²) >= 11 is 0. The van der Waals surface area contributed by atoms with Gasteiger partial charge in [-0.1, -0.05) is 18.2 Å². The van der Waals surface area contributed by atoms with Crippen LogP contribution in [0.25, 0.3) is 5.57 Å². The molecule has 0 amide bonds. The van der Waals surface area contributed by atoms with Gasteiger partial charge in [0.25, 0.3) is 0 Å². The maximum absolute atomic E-state index is 13.4. The van der Waals surface area contributed by atoms with Crippen LogP contribution in [0.15, 0.2) is 42.5 Å². The average Bonchev–Trinajstić information content (AvgIpc) is 2.60. The van der Waals surface area contributed by atoms with E-state index in [-0.39, 0.29) is 5.56 Å². The first kappa shape index (κ1) is 15.0. The van der Waals surface area contributed by atoms with Gasteiger partial charge in [-0.05, 0) is 59.4 Å². The Morgan fingerprint density at radius 1 is 1.22 bits per heavy atom. The van der Waals surface area contributed by atoms with Crippen molar-refractivity contribution in [1.29, 1.82) is 5.26 Å². The van der Waals surface area contributed by atoms with Crippen LogP contribution in [0.5, 0.6) is 0 Å². The van der Waals surface area contributed by atoms with Gasteiger partial charge in [0.1, 0.15) is 5.82 Å². The van der Waals surface area contributed by atoms with Crippen LogP contribution in [-0.2, 0) is 11.2 Å². The smallest absolute Gasteiger partial charge is 0.337 e. The van der Waals surface area contributed by atoms with Gasteiger partial charge in [0, 0.05) is 0 Å². The van der Waals surface area contributed by atoms with E-state index < -0.39 is 11.8 Å². The summed E-state index contributed by atoms with van der Waals surface area (Å²) in [6.07, 6.45) is 3.73. The highest BCUT2D eigenvalue weighted by Crippen LogP contribution is 2.34. The van der Waals surface area contributed by atoms with Gasteiger partial charge in [-0.3, -0.25) is 0 Å². The lowest BCUT2D eigenvalue weighted by Crippen LogP contribution is -2.07. The zero-order valence-corrected chi connectivity index (χ0v) is 12.6. The van der Waals surface area contributed by atoms with E-state index in [1.54, 1.807) is 18.2 Å². The van der Waals surface area contributed by atoms with Crippen molar-refractivity contribution in [2.24, 2.45) is 0 Å². The number of nitrogens with zero attached hydrogens (tertiary/aromatic N) is 1. The molecule has 3 nitrogen and oxygen atoms in total. The van der Waals surface area contributed by atoms with Gasteiger partial charge < -0.3 is 4.74 Å². The number of nitriles is 1. The van der Waals surface area contributed by atoms with E-state index in [1.165, 1.54) is 19.2 Å². The van der Waals surface area contributed by atoms with E-state index in [0.717, 1.165) is 29.5 Å². The number of allylic oxidation sites excluding steroid dienone is 1. The Morgan fingerprint density at radius 3 is 2.78 bits per heavy atom. The number of carbonyl (C=O) groups excluding carboxylic acids is 1. The molecule has 0 saturated heterocycles. The second-order valence-corrected chi connectivity index (χ2v) is 5.32. The fourth-order valence-corrected chi connectivity index (χ4v) is 2.87. The van der Waals surface area contributed by atoms with Gasteiger partial charge in [-0.2, -0.15) is 5.26 Å². The molecule has 0 bridgehead atoms. The molecule has 0 spiro atoms. The van der Waals surface area contributed by atoms with Crippen LogP contribution in [-0.4, -0.2) is 13.1 Å². The Bertz CT molecular complexity index is 862. The predicted molar refractivity (Wildman–Crippen MR) is 84.3 cm³/mol. The summed E-state index contributed by atoms with van der Waals surface area (Å²) in [7, 11) is 1.34. The summed E-state index contributed by atoms with van der Waals surface area (Å²) in [4.78, 5) is 11.8. The molecule has 2 aromatic carbocycles. The summed E-state index contributed by atoms with van der Waals surface area (Å²) in [6.45, 7) is 0. The van der Waals surface area contributed by atoms with Crippen molar-refractivity contribution >= 4 is 11.5 Å². The third-order valence-electron chi connectivity index (χ3n) is 3.98. The van der Waals surface area contributed by atoms with Gasteiger partial charge >= 0.3 is 5.97 Å². The fourth-order valence-electron chi connectivity index (χ4n) is 2.87. The van der Waals surface area contributed by atoms with Gasteiger partial charge in [0.2, 0.25) is 0 Å². The molecule has 0 radical (unpaired) electrons. The Kier molecular flexibility index (Phi) is 3.94. The van der Waals surface area contributed by atoms with Crippen LogP contribution in [0.4, 0.5) is 4.39 Å². The molecule has 3 rings (SSSR count). The molecule has 0 heterocycles. The highest BCUT2D eigenvalue weighted by Gasteiger charge is 2.19. The number of fused-ring (bicyclic) bond motifs is 1. The van der Waals surface area contributed by atoms with Gasteiger partial charge in [0.15, 0.2) is 0 Å². The summed E-state index contributed by atoms with van der Waals surface area (Å²) in [6, 6.07) is 11.6. The molecule has 23 heavy (non-hydrogen) atoms. The number of esters is 1. The number of methoxy groups -OCH3 is 1. The Balaban J connectivity index is 2.16. The molecule has 0 saturated carbocycles.